The Labute approximate surface area is 147 Å². The average Bonchev–Trinajstić information content (AvgIpc) is 2.45. The lowest BCUT2D eigenvalue weighted by Crippen LogP contribution is -2.53. The number of carbonyl (C=O) groups is 2. The molecule has 0 saturated heterocycles. The molecule has 0 fully saturated rings. The van der Waals surface area contributed by atoms with E-state index >= 15 is 0 Å². The first kappa shape index (κ1) is 19.7. The highest BCUT2D eigenvalue weighted by Crippen LogP contribution is 2.07. The van der Waals surface area contributed by atoms with Gasteiger partial charge in [-0.05, 0) is 38.6 Å². The van der Waals surface area contributed by atoms with Crippen LogP contribution in [0, 0.1) is 0 Å². The molecule has 0 aliphatic rings. The van der Waals surface area contributed by atoms with Crippen molar-refractivity contribution in [3.05, 3.63) is 35.9 Å². The molecule has 132 valence electrons. The zero-order chi connectivity index (χ0) is 18.3. The standard InChI is InChI=1S/C16H24N4O3S/c1-16(2,3)23-15(22)18-20(14(17)24)11-13(21)19(4)10-12-8-6-5-7-9-12/h5-9H,10-11H2,1-4H3,(H2,17,24)(H,18,22). The number of carbonyl (C=O) groups excluding carboxylic acids is 2. The lowest BCUT2D eigenvalue weighted by atomic mass is 10.2. The first-order valence-electron chi connectivity index (χ1n) is 7.43. The van der Waals surface area contributed by atoms with Crippen molar-refractivity contribution in [3.63, 3.8) is 0 Å². The maximum atomic E-state index is 12.3. The van der Waals surface area contributed by atoms with E-state index in [-0.39, 0.29) is 17.6 Å². The molecule has 1 aromatic carbocycles. The fourth-order valence-corrected chi connectivity index (χ4v) is 1.90. The third-order valence-electron chi connectivity index (χ3n) is 2.87. The summed E-state index contributed by atoms with van der Waals surface area (Å²) in [6.45, 7) is 5.46. The van der Waals surface area contributed by atoms with Crippen molar-refractivity contribution in [1.82, 2.24) is 15.3 Å². The Morgan fingerprint density at radius 3 is 2.33 bits per heavy atom. The number of ether oxygens (including phenoxy) is 1. The van der Waals surface area contributed by atoms with E-state index < -0.39 is 11.7 Å². The number of nitrogens with two attached hydrogens (primary N) is 1. The largest absolute Gasteiger partial charge is 0.443 e. The van der Waals surface area contributed by atoms with Crippen LogP contribution in [0.2, 0.25) is 0 Å². The summed E-state index contributed by atoms with van der Waals surface area (Å²) in [4.78, 5) is 25.6. The van der Waals surface area contributed by atoms with E-state index in [0.29, 0.717) is 6.54 Å². The summed E-state index contributed by atoms with van der Waals surface area (Å²) in [7, 11) is 1.67. The summed E-state index contributed by atoms with van der Waals surface area (Å²) in [5, 5.41) is 0.968. The van der Waals surface area contributed by atoms with Crippen LogP contribution in [-0.4, -0.2) is 46.2 Å². The first-order valence-corrected chi connectivity index (χ1v) is 7.84. The van der Waals surface area contributed by atoms with Gasteiger partial charge in [-0.2, -0.15) is 0 Å². The SMILES string of the molecule is CN(Cc1ccccc1)C(=O)CN(NC(=O)OC(C)(C)C)C(N)=S. The zero-order valence-electron chi connectivity index (χ0n) is 14.4. The monoisotopic (exact) mass is 352 g/mol. The molecule has 3 N–H and O–H groups in total. The molecular formula is C16H24N4O3S. The van der Waals surface area contributed by atoms with E-state index in [4.69, 9.17) is 22.7 Å². The van der Waals surface area contributed by atoms with Gasteiger partial charge in [-0.1, -0.05) is 30.3 Å². The van der Waals surface area contributed by atoms with Gasteiger partial charge in [-0.25, -0.2) is 15.2 Å². The van der Waals surface area contributed by atoms with Crippen molar-refractivity contribution >= 4 is 29.3 Å². The molecule has 0 spiro atoms. The van der Waals surface area contributed by atoms with Crippen molar-refractivity contribution in [2.24, 2.45) is 5.73 Å². The van der Waals surface area contributed by atoms with Crippen LogP contribution < -0.4 is 11.2 Å². The van der Waals surface area contributed by atoms with E-state index in [9.17, 15) is 9.59 Å². The lowest BCUT2D eigenvalue weighted by molar-refractivity contribution is -0.131. The van der Waals surface area contributed by atoms with Crippen molar-refractivity contribution < 1.29 is 14.3 Å². The van der Waals surface area contributed by atoms with Crippen LogP contribution in [0.5, 0.6) is 0 Å². The maximum Gasteiger partial charge on any atom is 0.426 e. The highest BCUT2D eigenvalue weighted by atomic mass is 32.1. The molecule has 0 heterocycles. The third kappa shape index (κ3) is 7.28. The van der Waals surface area contributed by atoms with Gasteiger partial charge in [0.2, 0.25) is 5.91 Å². The van der Waals surface area contributed by atoms with Gasteiger partial charge in [0.25, 0.3) is 0 Å². The van der Waals surface area contributed by atoms with Crippen LogP contribution in [0.25, 0.3) is 0 Å². The predicted molar refractivity (Wildman–Crippen MR) is 95.8 cm³/mol. The topological polar surface area (TPSA) is 87.9 Å². The Hall–Kier alpha value is -2.35. The van der Waals surface area contributed by atoms with E-state index in [2.05, 4.69) is 5.43 Å². The molecule has 0 bridgehead atoms. The molecule has 0 atom stereocenters. The van der Waals surface area contributed by atoms with Gasteiger partial charge < -0.3 is 15.4 Å². The summed E-state index contributed by atoms with van der Waals surface area (Å²) < 4.78 is 5.12. The first-order chi connectivity index (χ1) is 11.1. The lowest BCUT2D eigenvalue weighted by Gasteiger charge is -2.27. The van der Waals surface area contributed by atoms with Gasteiger partial charge in [0.15, 0.2) is 5.11 Å². The van der Waals surface area contributed by atoms with Gasteiger partial charge in [-0.15, -0.1) is 0 Å². The fourth-order valence-electron chi connectivity index (χ4n) is 1.79. The summed E-state index contributed by atoms with van der Waals surface area (Å²) in [6.07, 6.45) is -0.728. The number of hydrazine groups is 1. The van der Waals surface area contributed by atoms with Gasteiger partial charge in [-0.3, -0.25) is 4.79 Å². The summed E-state index contributed by atoms with van der Waals surface area (Å²) in [5.74, 6) is -0.247. The quantitative estimate of drug-likeness (QED) is 0.633. The van der Waals surface area contributed by atoms with Crippen LogP contribution >= 0.6 is 12.2 Å². The zero-order valence-corrected chi connectivity index (χ0v) is 15.2. The molecule has 0 radical (unpaired) electrons. The highest BCUT2D eigenvalue weighted by Gasteiger charge is 2.21. The molecule has 0 aliphatic carbocycles. The Kier molecular flexibility index (Phi) is 6.97. The molecule has 1 rings (SSSR count). The number of nitrogens with one attached hydrogen (secondary N) is 1. The Morgan fingerprint density at radius 2 is 1.83 bits per heavy atom. The Balaban J connectivity index is 2.62. The van der Waals surface area contributed by atoms with Crippen molar-refractivity contribution in [2.45, 2.75) is 32.9 Å². The summed E-state index contributed by atoms with van der Waals surface area (Å²) in [6, 6.07) is 9.56. The second kappa shape index (κ2) is 8.49. The number of rotatable bonds is 4. The molecule has 2 amide bonds. The van der Waals surface area contributed by atoms with E-state index in [1.165, 1.54) is 4.90 Å². The molecule has 0 aromatic heterocycles. The van der Waals surface area contributed by atoms with Crippen molar-refractivity contribution in [1.29, 1.82) is 0 Å². The van der Waals surface area contributed by atoms with E-state index in [0.717, 1.165) is 10.6 Å². The molecule has 7 nitrogen and oxygen atoms in total. The second-order valence-electron chi connectivity index (χ2n) is 6.27. The van der Waals surface area contributed by atoms with Crippen LogP contribution in [0.4, 0.5) is 4.79 Å². The number of hydrogen-bond donors (Lipinski definition) is 2. The highest BCUT2D eigenvalue weighted by molar-refractivity contribution is 7.80. The van der Waals surface area contributed by atoms with Gasteiger partial charge in [0, 0.05) is 13.6 Å². The molecule has 24 heavy (non-hydrogen) atoms. The van der Waals surface area contributed by atoms with Crippen LogP contribution in [0.1, 0.15) is 26.3 Å². The van der Waals surface area contributed by atoms with Crippen molar-refractivity contribution in [2.75, 3.05) is 13.6 Å². The van der Waals surface area contributed by atoms with Gasteiger partial charge >= 0.3 is 6.09 Å². The van der Waals surface area contributed by atoms with Crippen LogP contribution in [0.3, 0.4) is 0 Å². The van der Waals surface area contributed by atoms with E-state index in [1.807, 2.05) is 30.3 Å². The number of hydrogen-bond acceptors (Lipinski definition) is 4. The molecule has 0 saturated carbocycles. The van der Waals surface area contributed by atoms with Crippen LogP contribution in [-0.2, 0) is 16.1 Å². The van der Waals surface area contributed by atoms with E-state index in [1.54, 1.807) is 27.8 Å². The molecule has 0 unspecified atom stereocenters. The number of benzene rings is 1. The Bertz CT molecular complexity index is 587. The van der Waals surface area contributed by atoms with Crippen molar-refractivity contribution in [3.8, 4) is 0 Å². The summed E-state index contributed by atoms with van der Waals surface area (Å²) in [5.41, 5.74) is 8.28. The number of nitrogens with zero attached hydrogens (tertiary/aromatic N) is 2. The van der Waals surface area contributed by atoms with Gasteiger partial charge in [0.05, 0.1) is 0 Å². The number of thiocarbonyl (C=S) groups is 1. The molecule has 1 aromatic rings. The normalized spacial score (nSPS) is 10.7. The Morgan fingerprint density at radius 1 is 1.25 bits per heavy atom. The third-order valence-corrected chi connectivity index (χ3v) is 3.09. The molecule has 0 aliphatic heterocycles. The summed E-state index contributed by atoms with van der Waals surface area (Å²) >= 11 is 4.87. The minimum Gasteiger partial charge on any atom is -0.443 e. The maximum absolute atomic E-state index is 12.3. The number of amides is 2. The molecule has 8 heteroatoms. The minimum absolute atomic E-state index is 0.123. The smallest absolute Gasteiger partial charge is 0.426 e. The minimum atomic E-state index is -0.728. The van der Waals surface area contributed by atoms with Gasteiger partial charge in [0.1, 0.15) is 12.1 Å². The average molecular weight is 352 g/mol. The molecular weight excluding hydrogens is 328 g/mol. The number of likely N-dealkylation sites (N-methyl/N-ethyl adjacent to an activating group) is 1. The second-order valence-corrected chi connectivity index (χ2v) is 6.69. The predicted octanol–water partition coefficient (Wildman–Crippen LogP) is 1.63. The fraction of sp³-hybridized carbons (Fsp3) is 0.438. The van der Waals surface area contributed by atoms with Crippen LogP contribution in [0.15, 0.2) is 30.3 Å².